The number of nitrogens with one attached hydrogen (secondary N) is 2. The zero-order chi connectivity index (χ0) is 23.3. The molecule has 1 fully saturated rings. The summed E-state index contributed by atoms with van der Waals surface area (Å²) in [7, 11) is 0. The molecule has 0 saturated carbocycles. The maximum absolute atomic E-state index is 12.8. The normalized spacial score (nSPS) is 16.9. The molecular formula is C22H20BrF3N2O4. The molecule has 1 unspecified atom stereocenters. The summed E-state index contributed by atoms with van der Waals surface area (Å²) in [6, 6.07) is 8.71. The van der Waals surface area contributed by atoms with Crippen LogP contribution in [0.5, 0.6) is 0 Å². The number of esters is 2. The fraction of sp³-hybridized carbons (Fsp3) is 0.318. The first-order chi connectivity index (χ1) is 15.1. The number of halogens is 4. The van der Waals surface area contributed by atoms with E-state index in [9.17, 15) is 27.6 Å². The van der Waals surface area contributed by atoms with E-state index in [-0.39, 0.29) is 12.0 Å². The minimum absolute atomic E-state index is 0.148. The summed E-state index contributed by atoms with van der Waals surface area (Å²) >= 11 is 3.26. The summed E-state index contributed by atoms with van der Waals surface area (Å²) in [6.45, 7) is 0.628. The average Bonchev–Trinajstić information content (AvgIpc) is 3.28. The number of amides is 1. The molecule has 6 nitrogen and oxygen atoms in total. The van der Waals surface area contributed by atoms with E-state index in [1.54, 1.807) is 12.1 Å². The van der Waals surface area contributed by atoms with Crippen molar-refractivity contribution in [1.82, 2.24) is 10.6 Å². The van der Waals surface area contributed by atoms with Crippen molar-refractivity contribution in [2.45, 2.75) is 37.5 Å². The summed E-state index contributed by atoms with van der Waals surface area (Å²) in [6.07, 6.45) is -3.35. The lowest BCUT2D eigenvalue weighted by Crippen LogP contribution is -2.45. The van der Waals surface area contributed by atoms with Crippen molar-refractivity contribution in [3.05, 3.63) is 69.7 Å². The van der Waals surface area contributed by atoms with Gasteiger partial charge in [0, 0.05) is 16.5 Å². The SMILES string of the molecule is O=C(NC(Cc1ccc(C(F)(F)F)cc1)C(=O)OC(=O)[C@@H]1CCCN1)c1ccc(Br)cc1. The number of alkyl halides is 3. The van der Waals surface area contributed by atoms with Crippen molar-refractivity contribution < 1.29 is 32.3 Å². The number of rotatable bonds is 6. The van der Waals surface area contributed by atoms with Crippen LogP contribution < -0.4 is 10.6 Å². The molecule has 2 aromatic rings. The second-order valence-electron chi connectivity index (χ2n) is 7.32. The Balaban J connectivity index is 1.76. The molecule has 0 radical (unpaired) electrons. The minimum atomic E-state index is -4.49. The maximum atomic E-state index is 12.8. The lowest BCUT2D eigenvalue weighted by Gasteiger charge is -2.19. The zero-order valence-corrected chi connectivity index (χ0v) is 18.3. The molecule has 0 bridgehead atoms. The number of hydrogen-bond acceptors (Lipinski definition) is 5. The highest BCUT2D eigenvalue weighted by molar-refractivity contribution is 9.10. The van der Waals surface area contributed by atoms with Gasteiger partial charge in [-0.2, -0.15) is 13.2 Å². The fourth-order valence-electron chi connectivity index (χ4n) is 3.23. The smallest absolute Gasteiger partial charge is 0.390 e. The topological polar surface area (TPSA) is 84.5 Å². The monoisotopic (exact) mass is 512 g/mol. The Morgan fingerprint density at radius 2 is 1.75 bits per heavy atom. The molecule has 0 spiro atoms. The average molecular weight is 513 g/mol. The number of carbonyl (C=O) groups is 3. The first-order valence-electron chi connectivity index (χ1n) is 9.85. The lowest BCUT2D eigenvalue weighted by molar-refractivity contribution is -0.162. The Hall–Kier alpha value is -2.72. The maximum Gasteiger partial charge on any atom is 0.416 e. The first-order valence-corrected chi connectivity index (χ1v) is 10.6. The third-order valence-corrected chi connectivity index (χ3v) is 5.49. The summed E-state index contributed by atoms with van der Waals surface area (Å²) in [5.41, 5.74) is -0.202. The van der Waals surface area contributed by atoms with E-state index in [0.717, 1.165) is 23.0 Å². The van der Waals surface area contributed by atoms with Crippen LogP contribution in [0.15, 0.2) is 53.0 Å². The molecule has 1 heterocycles. The van der Waals surface area contributed by atoms with E-state index in [2.05, 4.69) is 26.6 Å². The van der Waals surface area contributed by atoms with Gasteiger partial charge in [-0.3, -0.25) is 4.79 Å². The molecule has 10 heteroatoms. The molecule has 2 aromatic carbocycles. The van der Waals surface area contributed by atoms with Gasteiger partial charge in [-0.15, -0.1) is 0 Å². The van der Waals surface area contributed by atoms with Gasteiger partial charge >= 0.3 is 18.1 Å². The highest BCUT2D eigenvalue weighted by Crippen LogP contribution is 2.29. The Labute approximate surface area is 190 Å². The van der Waals surface area contributed by atoms with Crippen LogP contribution in [0.3, 0.4) is 0 Å². The quantitative estimate of drug-likeness (QED) is 0.456. The van der Waals surface area contributed by atoms with E-state index in [4.69, 9.17) is 4.74 Å². The Kier molecular flexibility index (Phi) is 7.68. The van der Waals surface area contributed by atoms with Gasteiger partial charge in [0.15, 0.2) is 0 Å². The second kappa shape index (κ2) is 10.3. The van der Waals surface area contributed by atoms with Crippen molar-refractivity contribution in [3.63, 3.8) is 0 Å². The molecule has 2 N–H and O–H groups in total. The molecule has 170 valence electrons. The summed E-state index contributed by atoms with van der Waals surface area (Å²) < 4.78 is 44.1. The summed E-state index contributed by atoms with van der Waals surface area (Å²) in [5.74, 6) is -2.31. The van der Waals surface area contributed by atoms with Gasteiger partial charge in [-0.25, -0.2) is 9.59 Å². The number of carbonyl (C=O) groups excluding carboxylic acids is 3. The van der Waals surface area contributed by atoms with Crippen LogP contribution in [-0.2, 0) is 26.9 Å². The Morgan fingerprint density at radius 3 is 2.31 bits per heavy atom. The minimum Gasteiger partial charge on any atom is -0.390 e. The van der Waals surface area contributed by atoms with Gasteiger partial charge in [0.05, 0.1) is 5.56 Å². The Morgan fingerprint density at radius 1 is 1.09 bits per heavy atom. The molecule has 1 aliphatic heterocycles. The van der Waals surface area contributed by atoms with Gasteiger partial charge in [0.2, 0.25) is 0 Å². The van der Waals surface area contributed by atoms with Crippen LogP contribution in [0.4, 0.5) is 13.2 Å². The van der Waals surface area contributed by atoms with Crippen LogP contribution >= 0.6 is 15.9 Å². The van der Waals surface area contributed by atoms with E-state index in [1.165, 1.54) is 24.3 Å². The summed E-state index contributed by atoms with van der Waals surface area (Å²) in [4.78, 5) is 37.5. The lowest BCUT2D eigenvalue weighted by atomic mass is 10.0. The van der Waals surface area contributed by atoms with Gasteiger partial charge in [-0.05, 0) is 61.3 Å². The molecule has 1 saturated heterocycles. The van der Waals surface area contributed by atoms with Crippen molar-refractivity contribution in [2.24, 2.45) is 0 Å². The first kappa shape index (κ1) is 23.9. The third kappa shape index (κ3) is 6.39. The van der Waals surface area contributed by atoms with Crippen molar-refractivity contribution in [3.8, 4) is 0 Å². The number of benzene rings is 2. The van der Waals surface area contributed by atoms with E-state index < -0.39 is 41.7 Å². The van der Waals surface area contributed by atoms with Crippen LogP contribution in [0.25, 0.3) is 0 Å². The van der Waals surface area contributed by atoms with Crippen LogP contribution in [0, 0.1) is 0 Å². The van der Waals surface area contributed by atoms with Crippen LogP contribution in [0.1, 0.15) is 34.3 Å². The van der Waals surface area contributed by atoms with Crippen molar-refractivity contribution >= 4 is 33.8 Å². The molecule has 3 rings (SSSR count). The highest BCUT2D eigenvalue weighted by Gasteiger charge is 2.32. The van der Waals surface area contributed by atoms with Crippen LogP contribution in [-0.4, -0.2) is 36.5 Å². The van der Waals surface area contributed by atoms with Crippen molar-refractivity contribution in [2.75, 3.05) is 6.54 Å². The van der Waals surface area contributed by atoms with Gasteiger partial charge in [0.1, 0.15) is 12.1 Å². The molecular weight excluding hydrogens is 493 g/mol. The molecule has 32 heavy (non-hydrogen) atoms. The van der Waals surface area contributed by atoms with E-state index >= 15 is 0 Å². The number of hydrogen-bond donors (Lipinski definition) is 2. The van der Waals surface area contributed by atoms with Gasteiger partial charge in [0.25, 0.3) is 5.91 Å². The molecule has 2 atom stereocenters. The van der Waals surface area contributed by atoms with E-state index in [1.807, 2.05) is 0 Å². The predicted molar refractivity (Wildman–Crippen MR) is 113 cm³/mol. The largest absolute Gasteiger partial charge is 0.416 e. The van der Waals surface area contributed by atoms with Crippen molar-refractivity contribution in [1.29, 1.82) is 0 Å². The van der Waals surface area contributed by atoms with E-state index in [0.29, 0.717) is 18.5 Å². The highest BCUT2D eigenvalue weighted by atomic mass is 79.9. The van der Waals surface area contributed by atoms with Gasteiger partial charge < -0.3 is 15.4 Å². The number of ether oxygens (including phenoxy) is 1. The third-order valence-electron chi connectivity index (χ3n) is 4.96. The van der Waals surface area contributed by atoms with Gasteiger partial charge in [-0.1, -0.05) is 28.1 Å². The second-order valence-corrected chi connectivity index (χ2v) is 8.24. The standard InChI is InChI=1S/C22H20BrF3N2O4/c23-16-9-5-14(6-10-16)19(29)28-18(21(31)32-20(30)17-2-1-11-27-17)12-13-3-7-15(8-4-13)22(24,25)26/h3-10,17-18,27H,1-2,11-12H2,(H,28,29)/t17-,18?/m0/s1. The van der Waals surface area contributed by atoms with Crippen LogP contribution in [0.2, 0.25) is 0 Å². The molecule has 1 aliphatic rings. The predicted octanol–water partition coefficient (Wildman–Crippen LogP) is 3.63. The molecule has 0 aliphatic carbocycles. The Bertz CT molecular complexity index is 972. The molecule has 0 aromatic heterocycles. The zero-order valence-electron chi connectivity index (χ0n) is 16.7. The summed E-state index contributed by atoms with van der Waals surface area (Å²) in [5, 5.41) is 5.44. The molecule has 1 amide bonds. The fourth-order valence-corrected chi connectivity index (χ4v) is 3.49.